The molecular weight excluding hydrogens is 304 g/mol. The zero-order chi connectivity index (χ0) is 15.5. The summed E-state index contributed by atoms with van der Waals surface area (Å²) in [5.74, 6) is 1.17. The van der Waals surface area contributed by atoms with Gasteiger partial charge in [-0.2, -0.15) is 8.42 Å². The third-order valence-electron chi connectivity index (χ3n) is 3.38. The van der Waals surface area contributed by atoms with Gasteiger partial charge in [0.2, 0.25) is 0 Å². The number of thioether (sulfide) groups is 1. The van der Waals surface area contributed by atoms with Crippen LogP contribution < -0.4 is 5.32 Å². The molecule has 0 amide bonds. The molecule has 0 aromatic heterocycles. The van der Waals surface area contributed by atoms with Crippen molar-refractivity contribution in [3.63, 3.8) is 0 Å². The largest absolute Gasteiger partial charge is 0.333 e. The molecule has 4 nitrogen and oxygen atoms in total. The van der Waals surface area contributed by atoms with Crippen LogP contribution in [0, 0.1) is 0 Å². The van der Waals surface area contributed by atoms with Gasteiger partial charge < -0.3 is 5.32 Å². The van der Waals surface area contributed by atoms with Gasteiger partial charge in [0, 0.05) is 5.75 Å². The smallest absolute Gasteiger partial charge is 0.286 e. The fourth-order valence-corrected chi connectivity index (χ4v) is 4.37. The lowest BCUT2D eigenvalue weighted by molar-refractivity contribution is 0.597. The van der Waals surface area contributed by atoms with Crippen molar-refractivity contribution in [2.75, 3.05) is 11.1 Å². The molecule has 2 rings (SSSR count). The van der Waals surface area contributed by atoms with E-state index in [-0.39, 0.29) is 4.90 Å². The topological polar surface area (TPSA) is 58.5 Å². The van der Waals surface area contributed by atoms with Crippen molar-refractivity contribution >= 4 is 32.6 Å². The van der Waals surface area contributed by atoms with Crippen LogP contribution in [-0.4, -0.2) is 19.3 Å². The van der Waals surface area contributed by atoms with Crippen LogP contribution >= 0.6 is 11.8 Å². The van der Waals surface area contributed by atoms with Crippen LogP contribution in [0.25, 0.3) is 0 Å². The first-order valence-corrected chi connectivity index (χ1v) is 9.75. The number of rotatable bonds is 5. The summed E-state index contributed by atoms with van der Waals surface area (Å²) in [6.45, 7) is 6.24. The average molecular weight is 326 g/mol. The molecule has 0 unspecified atom stereocenters. The molecule has 0 spiro atoms. The van der Waals surface area contributed by atoms with E-state index in [9.17, 15) is 8.42 Å². The highest BCUT2D eigenvalue weighted by Gasteiger charge is 2.25. The fourth-order valence-electron chi connectivity index (χ4n) is 2.09. The highest BCUT2D eigenvalue weighted by molar-refractivity contribution is 8.14. The molecule has 1 aromatic rings. The summed E-state index contributed by atoms with van der Waals surface area (Å²) in [5, 5.41) is 3.61. The molecular formula is C15H22N2O2S2. The van der Waals surface area contributed by atoms with E-state index in [2.05, 4.69) is 16.6 Å². The maximum atomic E-state index is 12.3. The second-order valence-corrected chi connectivity index (χ2v) is 8.12. The number of sulfonamides is 1. The van der Waals surface area contributed by atoms with Crippen LogP contribution in [0.4, 0.5) is 5.69 Å². The van der Waals surface area contributed by atoms with Gasteiger partial charge in [0.05, 0.1) is 5.69 Å². The van der Waals surface area contributed by atoms with E-state index in [1.807, 2.05) is 26.0 Å². The summed E-state index contributed by atoms with van der Waals surface area (Å²) < 4.78 is 28.5. The molecule has 0 saturated carbocycles. The van der Waals surface area contributed by atoms with E-state index < -0.39 is 10.0 Å². The van der Waals surface area contributed by atoms with Gasteiger partial charge in [-0.3, -0.25) is 0 Å². The maximum Gasteiger partial charge on any atom is 0.286 e. The molecule has 0 atom stereocenters. The second-order valence-electron chi connectivity index (χ2n) is 5.46. The second kappa shape index (κ2) is 6.83. The Morgan fingerprint density at radius 2 is 2.05 bits per heavy atom. The van der Waals surface area contributed by atoms with Crippen LogP contribution in [0.2, 0.25) is 0 Å². The monoisotopic (exact) mass is 326 g/mol. The lowest BCUT2D eigenvalue weighted by Crippen LogP contribution is -2.19. The summed E-state index contributed by atoms with van der Waals surface area (Å²) >= 11 is 1.47. The zero-order valence-electron chi connectivity index (χ0n) is 12.7. The molecule has 1 heterocycles. The van der Waals surface area contributed by atoms with E-state index in [0.29, 0.717) is 16.8 Å². The number of unbranched alkanes of at least 4 members (excludes halogenated alkanes) is 2. The minimum atomic E-state index is -3.59. The Kier molecular flexibility index (Phi) is 5.32. The first-order chi connectivity index (χ1) is 9.94. The molecule has 1 N–H and O–H groups in total. The lowest BCUT2D eigenvalue weighted by Gasteiger charge is -2.19. The van der Waals surface area contributed by atoms with Gasteiger partial charge in [-0.05, 0) is 30.0 Å². The molecule has 0 bridgehead atoms. The molecule has 1 aromatic carbocycles. The van der Waals surface area contributed by atoms with Crippen LogP contribution in [-0.2, 0) is 10.0 Å². The SMILES string of the molecule is CCCCCSC1=NS(=O)(=O)c2cc(C(C)C)ccc2N1. The van der Waals surface area contributed by atoms with Gasteiger partial charge in [0.15, 0.2) is 5.17 Å². The highest BCUT2D eigenvalue weighted by atomic mass is 32.2. The van der Waals surface area contributed by atoms with Crippen LogP contribution in [0.1, 0.15) is 51.5 Å². The first kappa shape index (κ1) is 16.4. The Hall–Kier alpha value is -1.01. The van der Waals surface area contributed by atoms with Gasteiger partial charge in [0.25, 0.3) is 10.0 Å². The highest BCUT2D eigenvalue weighted by Crippen LogP contribution is 2.32. The first-order valence-electron chi connectivity index (χ1n) is 7.32. The van der Waals surface area contributed by atoms with Crippen LogP contribution in [0.3, 0.4) is 0 Å². The van der Waals surface area contributed by atoms with Crippen molar-refractivity contribution in [2.45, 2.75) is 50.8 Å². The van der Waals surface area contributed by atoms with Crippen molar-refractivity contribution < 1.29 is 8.42 Å². The Balaban J connectivity index is 2.20. The van der Waals surface area contributed by atoms with Crippen LogP contribution in [0.5, 0.6) is 0 Å². The van der Waals surface area contributed by atoms with Crippen LogP contribution in [0.15, 0.2) is 27.5 Å². The summed E-state index contributed by atoms with van der Waals surface area (Å²) in [6, 6.07) is 5.53. The number of fused-ring (bicyclic) bond motifs is 1. The third-order valence-corrected chi connectivity index (χ3v) is 5.77. The third kappa shape index (κ3) is 4.01. The van der Waals surface area contributed by atoms with Crippen molar-refractivity contribution in [1.82, 2.24) is 0 Å². The molecule has 6 heteroatoms. The number of hydrogen-bond acceptors (Lipinski definition) is 4. The van der Waals surface area contributed by atoms with E-state index in [0.717, 1.165) is 30.6 Å². The molecule has 21 heavy (non-hydrogen) atoms. The molecule has 116 valence electrons. The molecule has 1 aliphatic heterocycles. The molecule has 0 saturated heterocycles. The zero-order valence-corrected chi connectivity index (χ0v) is 14.4. The summed E-state index contributed by atoms with van der Waals surface area (Å²) in [6.07, 6.45) is 3.38. The van der Waals surface area contributed by atoms with Gasteiger partial charge in [0.1, 0.15) is 4.90 Å². The van der Waals surface area contributed by atoms with Crippen molar-refractivity contribution in [1.29, 1.82) is 0 Å². The number of hydrogen-bond donors (Lipinski definition) is 1. The van der Waals surface area contributed by atoms with Gasteiger partial charge in [-0.1, -0.05) is 51.4 Å². The number of anilines is 1. The lowest BCUT2D eigenvalue weighted by atomic mass is 10.0. The number of nitrogens with zero attached hydrogens (tertiary/aromatic N) is 1. The van der Waals surface area contributed by atoms with E-state index >= 15 is 0 Å². The Morgan fingerprint density at radius 3 is 2.71 bits per heavy atom. The van der Waals surface area contributed by atoms with E-state index in [1.165, 1.54) is 11.8 Å². The predicted octanol–water partition coefficient (Wildman–Crippen LogP) is 4.20. The number of nitrogens with one attached hydrogen (secondary N) is 1. The van der Waals surface area contributed by atoms with E-state index in [1.54, 1.807) is 6.07 Å². The molecule has 0 aliphatic carbocycles. The number of benzene rings is 1. The maximum absolute atomic E-state index is 12.3. The summed E-state index contributed by atoms with van der Waals surface area (Å²) in [5.41, 5.74) is 1.64. The van der Waals surface area contributed by atoms with Crippen molar-refractivity contribution in [3.8, 4) is 0 Å². The van der Waals surface area contributed by atoms with Crippen molar-refractivity contribution in [2.24, 2.45) is 4.40 Å². The minimum absolute atomic E-state index is 0.284. The van der Waals surface area contributed by atoms with Crippen molar-refractivity contribution in [3.05, 3.63) is 23.8 Å². The van der Waals surface area contributed by atoms with Gasteiger partial charge in [-0.25, -0.2) is 0 Å². The fraction of sp³-hybridized carbons (Fsp3) is 0.533. The molecule has 0 fully saturated rings. The normalized spacial score (nSPS) is 16.3. The average Bonchev–Trinajstić information content (AvgIpc) is 2.42. The van der Waals surface area contributed by atoms with Gasteiger partial charge in [-0.15, -0.1) is 4.40 Å². The minimum Gasteiger partial charge on any atom is -0.333 e. The number of amidine groups is 1. The Labute approximate surface area is 131 Å². The summed E-state index contributed by atoms with van der Waals surface area (Å²) in [4.78, 5) is 0.284. The van der Waals surface area contributed by atoms with E-state index in [4.69, 9.17) is 0 Å². The standard InChI is InChI=1S/C15H22N2O2S2/c1-4-5-6-9-20-15-16-13-8-7-12(11(2)3)10-14(13)21(18,19)17-15/h7-8,10-11H,4-6,9H2,1-3H3,(H,16,17). The Bertz CT molecular complexity index is 637. The molecule has 1 aliphatic rings. The summed E-state index contributed by atoms with van der Waals surface area (Å²) in [7, 11) is -3.59. The predicted molar refractivity (Wildman–Crippen MR) is 90.8 cm³/mol. The Morgan fingerprint density at radius 1 is 1.29 bits per heavy atom. The quantitative estimate of drug-likeness (QED) is 0.824. The molecule has 0 radical (unpaired) electrons. The van der Waals surface area contributed by atoms with Gasteiger partial charge >= 0.3 is 0 Å².